The maximum Gasteiger partial charge on any atom is 0.255 e. The van der Waals surface area contributed by atoms with Gasteiger partial charge in [0.1, 0.15) is 5.75 Å². The van der Waals surface area contributed by atoms with Crippen LogP contribution in [-0.4, -0.2) is 30.1 Å². The molecule has 1 saturated heterocycles. The largest absolute Gasteiger partial charge is 0.497 e. The maximum absolute atomic E-state index is 12.8. The highest BCUT2D eigenvalue weighted by atomic mass is 32.2. The summed E-state index contributed by atoms with van der Waals surface area (Å²) in [5.74, 6) is -0.0402. The minimum Gasteiger partial charge on any atom is -0.497 e. The van der Waals surface area contributed by atoms with Crippen molar-refractivity contribution in [1.82, 2.24) is 0 Å². The van der Waals surface area contributed by atoms with E-state index in [0.717, 1.165) is 4.90 Å². The summed E-state index contributed by atoms with van der Waals surface area (Å²) in [4.78, 5) is 39.7. The van der Waals surface area contributed by atoms with Gasteiger partial charge in [-0.15, -0.1) is 11.8 Å². The Labute approximate surface area is 184 Å². The van der Waals surface area contributed by atoms with Crippen molar-refractivity contribution in [3.63, 3.8) is 0 Å². The fraction of sp³-hybridized carbons (Fsp3) is 0.125. The van der Waals surface area contributed by atoms with E-state index in [1.807, 2.05) is 18.2 Å². The standard InChI is InChI=1S/C24H20N2O4S/c1-30-19-9-5-6-16(14-19)23(28)25-17-10-12-20(13-11-17)31-21-15-22(27)26(24(21)29)18-7-3-2-4-8-18/h2-14,21H,15H2,1H3,(H,25,28). The Morgan fingerprint density at radius 2 is 1.74 bits per heavy atom. The van der Waals surface area contributed by atoms with Crippen LogP contribution in [0, 0.1) is 0 Å². The highest BCUT2D eigenvalue weighted by molar-refractivity contribution is 8.00. The van der Waals surface area contributed by atoms with Gasteiger partial charge < -0.3 is 10.1 Å². The van der Waals surface area contributed by atoms with Crippen molar-refractivity contribution in [3.05, 3.63) is 84.4 Å². The van der Waals surface area contributed by atoms with Crippen LogP contribution in [0.15, 0.2) is 83.8 Å². The summed E-state index contributed by atoms with van der Waals surface area (Å²) in [5.41, 5.74) is 1.72. The minimum absolute atomic E-state index is 0.159. The number of nitrogens with one attached hydrogen (secondary N) is 1. The molecule has 0 aliphatic carbocycles. The summed E-state index contributed by atoms with van der Waals surface area (Å²) in [6.45, 7) is 0. The van der Waals surface area contributed by atoms with Crippen LogP contribution < -0.4 is 15.0 Å². The Morgan fingerprint density at radius 3 is 2.45 bits per heavy atom. The van der Waals surface area contributed by atoms with Crippen molar-refractivity contribution in [2.45, 2.75) is 16.6 Å². The molecule has 1 atom stereocenters. The van der Waals surface area contributed by atoms with Crippen LogP contribution in [0.4, 0.5) is 11.4 Å². The number of imide groups is 1. The van der Waals surface area contributed by atoms with Crippen molar-refractivity contribution in [2.24, 2.45) is 0 Å². The molecule has 1 aliphatic heterocycles. The van der Waals surface area contributed by atoms with Crippen molar-refractivity contribution < 1.29 is 19.1 Å². The number of anilines is 2. The van der Waals surface area contributed by atoms with Gasteiger partial charge in [-0.2, -0.15) is 0 Å². The highest BCUT2D eigenvalue weighted by Crippen LogP contribution is 2.34. The van der Waals surface area contributed by atoms with E-state index in [1.165, 1.54) is 16.7 Å². The van der Waals surface area contributed by atoms with Crippen molar-refractivity contribution in [3.8, 4) is 5.75 Å². The molecule has 7 heteroatoms. The second-order valence-electron chi connectivity index (χ2n) is 6.92. The monoisotopic (exact) mass is 432 g/mol. The summed E-state index contributed by atoms with van der Waals surface area (Å²) in [7, 11) is 1.55. The number of nitrogens with zero attached hydrogens (tertiary/aromatic N) is 1. The van der Waals surface area contributed by atoms with Crippen molar-refractivity contribution >= 4 is 40.9 Å². The van der Waals surface area contributed by atoms with Crippen molar-refractivity contribution in [2.75, 3.05) is 17.3 Å². The molecule has 3 aromatic rings. The van der Waals surface area contributed by atoms with Gasteiger partial charge in [-0.05, 0) is 54.6 Å². The van der Waals surface area contributed by atoms with Crippen LogP contribution in [0.25, 0.3) is 0 Å². The van der Waals surface area contributed by atoms with Crippen LogP contribution in [0.3, 0.4) is 0 Å². The predicted octanol–water partition coefficient (Wildman–Crippen LogP) is 4.37. The fourth-order valence-corrected chi connectivity index (χ4v) is 4.35. The molecule has 3 amide bonds. The molecule has 0 bridgehead atoms. The lowest BCUT2D eigenvalue weighted by Crippen LogP contribution is -2.30. The van der Waals surface area contributed by atoms with Crippen molar-refractivity contribution in [1.29, 1.82) is 0 Å². The number of ether oxygens (including phenoxy) is 1. The van der Waals surface area contributed by atoms with Gasteiger partial charge in [0.25, 0.3) is 5.91 Å². The van der Waals surface area contributed by atoms with E-state index >= 15 is 0 Å². The number of benzene rings is 3. The lowest BCUT2D eigenvalue weighted by molar-refractivity contribution is -0.121. The maximum atomic E-state index is 12.8. The lowest BCUT2D eigenvalue weighted by Gasteiger charge is -2.14. The summed E-state index contributed by atoms with van der Waals surface area (Å²) in [5, 5.41) is 2.37. The van der Waals surface area contributed by atoms with Gasteiger partial charge in [-0.3, -0.25) is 14.4 Å². The number of carbonyl (C=O) groups excluding carboxylic acids is 3. The van der Waals surface area contributed by atoms with Gasteiger partial charge in [-0.25, -0.2) is 4.90 Å². The number of amides is 3. The Morgan fingerprint density at radius 1 is 1.00 bits per heavy atom. The molecule has 31 heavy (non-hydrogen) atoms. The average molecular weight is 433 g/mol. The zero-order valence-electron chi connectivity index (χ0n) is 16.8. The third kappa shape index (κ3) is 4.62. The first kappa shape index (κ1) is 20.7. The number of para-hydroxylation sites is 1. The zero-order chi connectivity index (χ0) is 21.8. The number of methoxy groups -OCH3 is 1. The quantitative estimate of drug-likeness (QED) is 0.586. The average Bonchev–Trinajstić information content (AvgIpc) is 3.08. The lowest BCUT2D eigenvalue weighted by atomic mass is 10.2. The number of thioether (sulfide) groups is 1. The summed E-state index contributed by atoms with van der Waals surface area (Å²) in [6, 6.07) is 23.1. The van der Waals surface area contributed by atoms with Crippen LogP contribution in [0.5, 0.6) is 5.75 Å². The molecule has 1 fully saturated rings. The molecular weight excluding hydrogens is 412 g/mol. The van der Waals surface area contributed by atoms with E-state index in [9.17, 15) is 14.4 Å². The molecular formula is C24H20N2O4S. The predicted molar refractivity (Wildman–Crippen MR) is 121 cm³/mol. The minimum atomic E-state index is -0.468. The number of rotatable bonds is 6. The zero-order valence-corrected chi connectivity index (χ0v) is 17.6. The molecule has 0 saturated carbocycles. The number of carbonyl (C=O) groups is 3. The molecule has 0 aromatic heterocycles. The molecule has 0 radical (unpaired) electrons. The second kappa shape index (κ2) is 9.06. The van der Waals surface area contributed by atoms with E-state index in [0.29, 0.717) is 22.7 Å². The van der Waals surface area contributed by atoms with E-state index in [-0.39, 0.29) is 24.1 Å². The first-order valence-corrected chi connectivity index (χ1v) is 10.6. The smallest absolute Gasteiger partial charge is 0.255 e. The van der Waals surface area contributed by atoms with E-state index in [1.54, 1.807) is 67.8 Å². The second-order valence-corrected chi connectivity index (χ2v) is 8.20. The van der Waals surface area contributed by atoms with E-state index < -0.39 is 5.25 Å². The number of hydrogen-bond acceptors (Lipinski definition) is 5. The molecule has 1 N–H and O–H groups in total. The van der Waals surface area contributed by atoms with Crippen LogP contribution in [0.2, 0.25) is 0 Å². The van der Waals surface area contributed by atoms with E-state index in [4.69, 9.17) is 4.74 Å². The molecule has 156 valence electrons. The third-order valence-electron chi connectivity index (χ3n) is 4.84. The van der Waals surface area contributed by atoms with Crippen LogP contribution in [0.1, 0.15) is 16.8 Å². The Kier molecular flexibility index (Phi) is 6.04. The van der Waals surface area contributed by atoms with Gasteiger partial charge in [0.05, 0.1) is 18.0 Å². The molecule has 1 heterocycles. The molecule has 4 rings (SSSR count). The SMILES string of the molecule is COc1cccc(C(=O)Nc2ccc(SC3CC(=O)N(c4ccccc4)C3=O)cc2)c1. The number of hydrogen-bond donors (Lipinski definition) is 1. The normalized spacial score (nSPS) is 15.8. The summed E-state index contributed by atoms with van der Waals surface area (Å²) >= 11 is 1.35. The van der Waals surface area contributed by atoms with Crippen LogP contribution in [-0.2, 0) is 9.59 Å². The topological polar surface area (TPSA) is 75.7 Å². The van der Waals surface area contributed by atoms with Gasteiger partial charge in [0, 0.05) is 22.6 Å². The Bertz CT molecular complexity index is 1120. The first-order chi connectivity index (χ1) is 15.0. The molecule has 1 unspecified atom stereocenters. The van der Waals surface area contributed by atoms with Crippen LogP contribution >= 0.6 is 11.8 Å². The van der Waals surface area contributed by atoms with Gasteiger partial charge in [0.2, 0.25) is 11.8 Å². The fourth-order valence-electron chi connectivity index (χ4n) is 3.29. The Hall–Kier alpha value is -3.58. The van der Waals surface area contributed by atoms with Gasteiger partial charge >= 0.3 is 0 Å². The summed E-state index contributed by atoms with van der Waals surface area (Å²) < 4.78 is 5.15. The highest BCUT2D eigenvalue weighted by Gasteiger charge is 2.40. The van der Waals surface area contributed by atoms with Gasteiger partial charge in [0.15, 0.2) is 0 Å². The summed E-state index contributed by atoms with van der Waals surface area (Å²) in [6.07, 6.45) is 0.159. The molecule has 3 aromatic carbocycles. The third-order valence-corrected chi connectivity index (χ3v) is 6.04. The Balaban J connectivity index is 1.40. The molecule has 0 spiro atoms. The van der Waals surface area contributed by atoms with E-state index in [2.05, 4.69) is 5.32 Å². The van der Waals surface area contributed by atoms with Gasteiger partial charge in [-0.1, -0.05) is 24.3 Å². The molecule has 6 nitrogen and oxygen atoms in total. The molecule has 1 aliphatic rings. The first-order valence-electron chi connectivity index (χ1n) is 9.69.